The van der Waals surface area contributed by atoms with Crippen LogP contribution < -0.4 is 16.0 Å². The van der Waals surface area contributed by atoms with Crippen LogP contribution in [0.3, 0.4) is 0 Å². The topological polar surface area (TPSA) is 71.2 Å². The molecule has 0 bridgehead atoms. The van der Waals surface area contributed by atoms with Gasteiger partial charge >= 0.3 is 0 Å². The van der Waals surface area contributed by atoms with Crippen molar-refractivity contribution in [2.45, 2.75) is 25.3 Å². The lowest BCUT2D eigenvalue weighted by Crippen LogP contribution is -2.48. The van der Waals surface area contributed by atoms with Crippen molar-refractivity contribution in [3.8, 4) is 0 Å². The lowest BCUT2D eigenvalue weighted by atomic mass is 9.98. The highest BCUT2D eigenvalue weighted by atomic mass is 16.2. The fraction of sp³-hybridized carbons (Fsp3) is 0.375. The van der Waals surface area contributed by atoms with Gasteiger partial charge in [-0.1, -0.05) is 0 Å². The van der Waals surface area contributed by atoms with E-state index < -0.39 is 0 Å². The molecule has 110 valence electrons. The number of fused-ring (bicyclic) bond motifs is 1. The standard InChI is InChI=1S/C16H20N4O/c1-18-16(21)15-4-2-3-9-20(15)14-6-5-13(17)12-10-19-8-7-11(12)14/h5-8,10,15H,2-4,9,17H2,1H3,(H,18,21). The number of carbonyl (C=O) groups excluding carboxylic acids is 1. The SMILES string of the molecule is CNC(=O)C1CCCCN1c1ccc(N)c2cnccc12. The first-order valence-electron chi connectivity index (χ1n) is 7.33. The summed E-state index contributed by atoms with van der Waals surface area (Å²) in [4.78, 5) is 18.5. The second kappa shape index (κ2) is 5.60. The van der Waals surface area contributed by atoms with Gasteiger partial charge in [-0.2, -0.15) is 0 Å². The van der Waals surface area contributed by atoms with E-state index in [1.165, 1.54) is 0 Å². The minimum absolute atomic E-state index is 0.0775. The molecule has 0 saturated carbocycles. The average molecular weight is 284 g/mol. The Morgan fingerprint density at radius 2 is 2.19 bits per heavy atom. The molecule has 1 aromatic carbocycles. The molecule has 0 spiro atoms. The second-order valence-electron chi connectivity index (χ2n) is 5.41. The van der Waals surface area contributed by atoms with Crippen molar-refractivity contribution in [2.24, 2.45) is 0 Å². The number of rotatable bonds is 2. The van der Waals surface area contributed by atoms with Gasteiger partial charge in [0.2, 0.25) is 5.91 Å². The highest BCUT2D eigenvalue weighted by molar-refractivity contribution is 6.02. The molecule has 1 saturated heterocycles. The number of nitrogens with one attached hydrogen (secondary N) is 1. The van der Waals surface area contributed by atoms with E-state index in [1.54, 1.807) is 19.4 Å². The summed E-state index contributed by atoms with van der Waals surface area (Å²) in [5.74, 6) is 0.0775. The average Bonchev–Trinajstić information content (AvgIpc) is 2.55. The van der Waals surface area contributed by atoms with Gasteiger partial charge in [0.05, 0.1) is 0 Å². The largest absolute Gasteiger partial charge is 0.398 e. The van der Waals surface area contributed by atoms with Gasteiger partial charge in [0.1, 0.15) is 6.04 Å². The highest BCUT2D eigenvalue weighted by Gasteiger charge is 2.29. The van der Waals surface area contributed by atoms with Gasteiger partial charge < -0.3 is 16.0 Å². The molecule has 0 aliphatic carbocycles. The maximum atomic E-state index is 12.2. The molecule has 1 aliphatic heterocycles. The van der Waals surface area contributed by atoms with Crippen molar-refractivity contribution in [3.05, 3.63) is 30.6 Å². The first-order chi connectivity index (χ1) is 10.2. The minimum Gasteiger partial charge on any atom is -0.398 e. The number of benzene rings is 1. The van der Waals surface area contributed by atoms with Gasteiger partial charge in [0.15, 0.2) is 0 Å². The Balaban J connectivity index is 2.10. The van der Waals surface area contributed by atoms with Gasteiger partial charge in [0, 0.05) is 48.1 Å². The third kappa shape index (κ3) is 2.39. The van der Waals surface area contributed by atoms with Crippen LogP contribution in [0.4, 0.5) is 11.4 Å². The van der Waals surface area contributed by atoms with Crippen LogP contribution in [0, 0.1) is 0 Å². The van der Waals surface area contributed by atoms with Gasteiger partial charge in [-0.15, -0.1) is 0 Å². The van der Waals surface area contributed by atoms with Crippen molar-refractivity contribution < 1.29 is 4.79 Å². The summed E-state index contributed by atoms with van der Waals surface area (Å²) in [6, 6.07) is 5.77. The van der Waals surface area contributed by atoms with Crippen LogP contribution in [0.1, 0.15) is 19.3 Å². The van der Waals surface area contributed by atoms with Crippen molar-refractivity contribution in [3.63, 3.8) is 0 Å². The zero-order valence-electron chi connectivity index (χ0n) is 12.2. The number of likely N-dealkylation sites (N-methyl/N-ethyl adjacent to an activating group) is 1. The predicted octanol–water partition coefficient (Wildman–Crippen LogP) is 1.92. The molecular weight excluding hydrogens is 264 g/mol. The number of nitrogen functional groups attached to an aromatic ring is 1. The van der Waals surface area contributed by atoms with E-state index in [2.05, 4.69) is 15.2 Å². The zero-order chi connectivity index (χ0) is 14.8. The van der Waals surface area contributed by atoms with Crippen LogP contribution >= 0.6 is 0 Å². The number of piperidine rings is 1. The molecule has 1 aliphatic rings. The summed E-state index contributed by atoms with van der Waals surface area (Å²) in [7, 11) is 1.69. The molecule has 1 unspecified atom stereocenters. The molecule has 1 atom stereocenters. The fourth-order valence-electron chi connectivity index (χ4n) is 3.11. The third-order valence-corrected chi connectivity index (χ3v) is 4.19. The second-order valence-corrected chi connectivity index (χ2v) is 5.41. The predicted molar refractivity (Wildman–Crippen MR) is 85.2 cm³/mol. The first kappa shape index (κ1) is 13.7. The Labute approximate surface area is 124 Å². The van der Waals surface area contributed by atoms with Gasteiger partial charge in [-0.3, -0.25) is 9.78 Å². The van der Waals surface area contributed by atoms with Crippen LogP contribution in [0.5, 0.6) is 0 Å². The number of pyridine rings is 1. The Bertz CT molecular complexity index is 670. The Morgan fingerprint density at radius 3 is 3.00 bits per heavy atom. The molecule has 1 fully saturated rings. The maximum Gasteiger partial charge on any atom is 0.242 e. The van der Waals surface area contributed by atoms with Crippen LogP contribution in [0.25, 0.3) is 10.8 Å². The van der Waals surface area contributed by atoms with E-state index in [4.69, 9.17) is 5.73 Å². The Morgan fingerprint density at radius 1 is 1.33 bits per heavy atom. The molecule has 1 amide bonds. The lowest BCUT2D eigenvalue weighted by Gasteiger charge is -2.37. The Hall–Kier alpha value is -2.30. The zero-order valence-corrected chi connectivity index (χ0v) is 12.2. The molecule has 21 heavy (non-hydrogen) atoms. The first-order valence-corrected chi connectivity index (χ1v) is 7.33. The van der Waals surface area contributed by atoms with Crippen LogP contribution in [-0.2, 0) is 4.79 Å². The van der Waals surface area contributed by atoms with E-state index in [9.17, 15) is 4.79 Å². The van der Waals surface area contributed by atoms with Crippen molar-refractivity contribution >= 4 is 28.1 Å². The van der Waals surface area contributed by atoms with Gasteiger partial charge in [0.25, 0.3) is 0 Å². The normalized spacial score (nSPS) is 18.7. The summed E-state index contributed by atoms with van der Waals surface area (Å²) in [6.45, 7) is 0.888. The summed E-state index contributed by atoms with van der Waals surface area (Å²) in [5, 5.41) is 4.77. The summed E-state index contributed by atoms with van der Waals surface area (Å²) >= 11 is 0. The number of hydrogen-bond donors (Lipinski definition) is 2. The molecule has 1 aromatic heterocycles. The number of nitrogens with zero attached hydrogens (tertiary/aromatic N) is 2. The van der Waals surface area contributed by atoms with Crippen molar-refractivity contribution in [2.75, 3.05) is 24.2 Å². The number of anilines is 2. The number of hydrogen-bond acceptors (Lipinski definition) is 4. The monoisotopic (exact) mass is 284 g/mol. The number of nitrogens with two attached hydrogens (primary N) is 1. The quantitative estimate of drug-likeness (QED) is 0.827. The molecule has 5 nitrogen and oxygen atoms in total. The van der Waals surface area contributed by atoms with Crippen LogP contribution in [-0.4, -0.2) is 30.5 Å². The van der Waals surface area contributed by atoms with Crippen molar-refractivity contribution in [1.29, 1.82) is 0 Å². The number of carbonyl (C=O) groups is 1. The molecule has 3 rings (SSSR count). The van der Waals surface area contributed by atoms with Gasteiger partial charge in [-0.25, -0.2) is 0 Å². The molecule has 3 N–H and O–H groups in total. The molecule has 2 heterocycles. The number of amides is 1. The molecule has 2 aromatic rings. The van der Waals surface area contributed by atoms with E-state index in [-0.39, 0.29) is 11.9 Å². The molecular formula is C16H20N4O. The smallest absolute Gasteiger partial charge is 0.242 e. The van der Waals surface area contributed by atoms with E-state index in [0.717, 1.165) is 48.0 Å². The minimum atomic E-state index is -0.108. The van der Waals surface area contributed by atoms with Crippen molar-refractivity contribution in [1.82, 2.24) is 10.3 Å². The highest BCUT2D eigenvalue weighted by Crippen LogP contribution is 2.33. The lowest BCUT2D eigenvalue weighted by molar-refractivity contribution is -0.122. The van der Waals surface area contributed by atoms with Crippen LogP contribution in [0.2, 0.25) is 0 Å². The molecule has 5 heteroatoms. The van der Waals surface area contributed by atoms with Gasteiger partial charge in [-0.05, 0) is 37.5 Å². The summed E-state index contributed by atoms with van der Waals surface area (Å²) in [5.41, 5.74) is 7.82. The third-order valence-electron chi connectivity index (χ3n) is 4.19. The summed E-state index contributed by atoms with van der Waals surface area (Å²) in [6.07, 6.45) is 6.63. The number of aromatic nitrogens is 1. The Kier molecular flexibility index (Phi) is 3.64. The van der Waals surface area contributed by atoms with E-state index in [0.29, 0.717) is 0 Å². The molecule has 0 radical (unpaired) electrons. The maximum absolute atomic E-state index is 12.2. The van der Waals surface area contributed by atoms with Crippen LogP contribution in [0.15, 0.2) is 30.6 Å². The van der Waals surface area contributed by atoms with E-state index >= 15 is 0 Å². The van der Waals surface area contributed by atoms with E-state index in [1.807, 2.05) is 18.2 Å². The fourth-order valence-corrected chi connectivity index (χ4v) is 3.11. The summed E-state index contributed by atoms with van der Waals surface area (Å²) < 4.78 is 0.